The molecule has 0 spiro atoms. The van der Waals surface area contributed by atoms with Crippen LogP contribution in [-0.4, -0.2) is 75.2 Å². The molecule has 0 amide bonds. The van der Waals surface area contributed by atoms with Crippen LogP contribution in [0.25, 0.3) is 0 Å². The van der Waals surface area contributed by atoms with E-state index in [1.165, 1.54) is 20.0 Å². The lowest BCUT2D eigenvalue weighted by molar-refractivity contribution is -0.148. The lowest BCUT2D eigenvalue weighted by atomic mass is 9.95. The van der Waals surface area contributed by atoms with Crippen molar-refractivity contribution in [2.75, 3.05) is 47.9 Å². The Hall–Kier alpha value is -0.650. The maximum absolute atomic E-state index is 11.8. The smallest absolute Gasteiger partial charge is 0.325 e. The Kier molecular flexibility index (Phi) is 6.92. The first-order chi connectivity index (χ1) is 9.42. The van der Waals surface area contributed by atoms with E-state index >= 15 is 0 Å². The van der Waals surface area contributed by atoms with E-state index in [-0.39, 0.29) is 5.97 Å². The molecule has 1 fully saturated rings. The minimum atomic E-state index is -0.559. The monoisotopic (exact) mass is 285 g/mol. The Morgan fingerprint density at radius 1 is 1.40 bits per heavy atom. The molecule has 0 aliphatic carbocycles. The number of nitrogens with one attached hydrogen (secondary N) is 1. The molecule has 0 aromatic carbocycles. The van der Waals surface area contributed by atoms with Crippen molar-refractivity contribution >= 4 is 5.97 Å². The lowest BCUT2D eigenvalue weighted by Crippen LogP contribution is -2.49. The van der Waals surface area contributed by atoms with E-state index in [0.29, 0.717) is 0 Å². The second-order valence-corrected chi connectivity index (χ2v) is 6.21. The topological polar surface area (TPSA) is 44.8 Å². The highest BCUT2D eigenvalue weighted by atomic mass is 16.5. The van der Waals surface area contributed by atoms with E-state index in [4.69, 9.17) is 4.74 Å². The molecule has 20 heavy (non-hydrogen) atoms. The van der Waals surface area contributed by atoms with Crippen LogP contribution in [-0.2, 0) is 9.53 Å². The van der Waals surface area contributed by atoms with E-state index in [1.807, 2.05) is 14.0 Å². The van der Waals surface area contributed by atoms with Crippen LogP contribution in [0.4, 0.5) is 0 Å². The number of esters is 1. The van der Waals surface area contributed by atoms with Crippen molar-refractivity contribution in [1.29, 1.82) is 0 Å². The number of carbonyl (C=O) groups excluding carboxylic acids is 1. The molecule has 5 heteroatoms. The third kappa shape index (κ3) is 4.72. The zero-order chi connectivity index (χ0) is 15.2. The van der Waals surface area contributed by atoms with E-state index in [9.17, 15) is 4.79 Å². The number of rotatable bonds is 7. The largest absolute Gasteiger partial charge is 0.468 e. The first kappa shape index (κ1) is 17.4. The van der Waals surface area contributed by atoms with Gasteiger partial charge in [-0.3, -0.25) is 4.79 Å². The standard InChI is InChI=1S/C15H31N3O2/c1-15(16-2,14(19)20-5)9-6-10-18-11-7-13(8-12-18)17(3)4/h13,16H,6-12H2,1-5H3. The van der Waals surface area contributed by atoms with Crippen molar-refractivity contribution in [1.82, 2.24) is 15.1 Å². The number of ether oxygens (including phenoxy) is 1. The Balaban J connectivity index is 2.29. The fraction of sp³-hybridized carbons (Fsp3) is 0.933. The van der Waals surface area contributed by atoms with Gasteiger partial charge < -0.3 is 19.9 Å². The third-order valence-corrected chi connectivity index (χ3v) is 4.63. The molecule has 5 nitrogen and oxygen atoms in total. The SMILES string of the molecule is CNC(C)(CCCN1CCC(N(C)C)CC1)C(=O)OC. The Bertz CT molecular complexity index is 301. The van der Waals surface area contributed by atoms with Crippen molar-refractivity contribution in [3.8, 4) is 0 Å². The Morgan fingerprint density at radius 3 is 2.45 bits per heavy atom. The molecule has 1 aliphatic rings. The average Bonchev–Trinajstić information content (AvgIpc) is 2.46. The molecule has 0 radical (unpaired) electrons. The summed E-state index contributed by atoms with van der Waals surface area (Å²) in [6.45, 7) is 5.31. The molecule has 1 unspecified atom stereocenters. The number of likely N-dealkylation sites (N-methyl/N-ethyl adjacent to an activating group) is 1. The van der Waals surface area contributed by atoms with E-state index in [1.54, 1.807) is 0 Å². The van der Waals surface area contributed by atoms with Gasteiger partial charge in [0, 0.05) is 6.04 Å². The van der Waals surface area contributed by atoms with Crippen LogP contribution in [0.1, 0.15) is 32.6 Å². The second-order valence-electron chi connectivity index (χ2n) is 6.21. The summed E-state index contributed by atoms with van der Waals surface area (Å²) < 4.78 is 4.87. The number of piperidine rings is 1. The van der Waals surface area contributed by atoms with Crippen LogP contribution in [0.2, 0.25) is 0 Å². The van der Waals surface area contributed by atoms with Gasteiger partial charge in [0.25, 0.3) is 0 Å². The summed E-state index contributed by atoms with van der Waals surface area (Å²) in [6.07, 6.45) is 4.31. The summed E-state index contributed by atoms with van der Waals surface area (Å²) in [4.78, 5) is 16.6. The van der Waals surface area contributed by atoms with Crippen molar-refractivity contribution in [2.24, 2.45) is 0 Å². The summed E-state index contributed by atoms with van der Waals surface area (Å²) in [6, 6.07) is 0.726. The van der Waals surface area contributed by atoms with Gasteiger partial charge in [-0.1, -0.05) is 0 Å². The Labute approximate surface area is 123 Å². The summed E-state index contributed by atoms with van der Waals surface area (Å²) >= 11 is 0. The molecule has 118 valence electrons. The van der Waals surface area contributed by atoms with Crippen LogP contribution < -0.4 is 5.32 Å². The van der Waals surface area contributed by atoms with Gasteiger partial charge in [0.2, 0.25) is 0 Å². The third-order valence-electron chi connectivity index (χ3n) is 4.63. The van der Waals surface area contributed by atoms with Crippen molar-refractivity contribution in [2.45, 2.75) is 44.2 Å². The van der Waals surface area contributed by atoms with Crippen LogP contribution in [0.5, 0.6) is 0 Å². The maximum atomic E-state index is 11.8. The molecule has 1 saturated heterocycles. The predicted octanol–water partition coefficient (Wildman–Crippen LogP) is 0.944. The zero-order valence-electron chi connectivity index (χ0n) is 13.7. The molecule has 0 saturated carbocycles. The lowest BCUT2D eigenvalue weighted by Gasteiger charge is -2.35. The second kappa shape index (κ2) is 7.96. The number of methoxy groups -OCH3 is 1. The van der Waals surface area contributed by atoms with Gasteiger partial charge in [-0.25, -0.2) is 0 Å². The van der Waals surface area contributed by atoms with Gasteiger partial charge in [0.15, 0.2) is 0 Å². The molecular formula is C15H31N3O2. The quantitative estimate of drug-likeness (QED) is 0.706. The highest BCUT2D eigenvalue weighted by molar-refractivity contribution is 5.80. The fourth-order valence-corrected chi connectivity index (χ4v) is 2.87. The molecule has 1 heterocycles. The van der Waals surface area contributed by atoms with Crippen molar-refractivity contribution in [3.63, 3.8) is 0 Å². The molecular weight excluding hydrogens is 254 g/mol. The highest BCUT2D eigenvalue weighted by Crippen LogP contribution is 2.17. The average molecular weight is 285 g/mol. The summed E-state index contributed by atoms with van der Waals surface area (Å²) in [5, 5.41) is 3.09. The summed E-state index contributed by atoms with van der Waals surface area (Å²) in [7, 11) is 7.59. The predicted molar refractivity (Wildman–Crippen MR) is 81.9 cm³/mol. The van der Waals surface area contributed by atoms with Gasteiger partial charge in [-0.2, -0.15) is 0 Å². The van der Waals surface area contributed by atoms with Gasteiger partial charge in [-0.15, -0.1) is 0 Å². The fourth-order valence-electron chi connectivity index (χ4n) is 2.87. The van der Waals surface area contributed by atoms with Gasteiger partial charge in [0.05, 0.1) is 7.11 Å². The normalized spacial score (nSPS) is 20.9. The van der Waals surface area contributed by atoms with E-state index < -0.39 is 5.54 Å². The van der Waals surface area contributed by atoms with E-state index in [2.05, 4.69) is 29.2 Å². The molecule has 1 N–H and O–H groups in total. The molecule has 0 bridgehead atoms. The van der Waals surface area contributed by atoms with Crippen molar-refractivity contribution in [3.05, 3.63) is 0 Å². The number of nitrogens with zero attached hydrogens (tertiary/aromatic N) is 2. The first-order valence-corrected chi connectivity index (χ1v) is 7.59. The molecule has 1 aliphatic heterocycles. The number of carbonyl (C=O) groups is 1. The van der Waals surface area contributed by atoms with Gasteiger partial charge in [0.1, 0.15) is 5.54 Å². The minimum absolute atomic E-state index is 0.175. The van der Waals surface area contributed by atoms with Gasteiger partial charge >= 0.3 is 5.97 Å². The number of likely N-dealkylation sites (tertiary alicyclic amines) is 1. The summed E-state index contributed by atoms with van der Waals surface area (Å²) in [5.74, 6) is -0.175. The molecule has 0 aromatic rings. The Morgan fingerprint density at radius 2 is 2.00 bits per heavy atom. The molecule has 1 rings (SSSR count). The highest BCUT2D eigenvalue weighted by Gasteiger charge is 2.32. The first-order valence-electron chi connectivity index (χ1n) is 7.59. The van der Waals surface area contributed by atoms with E-state index in [0.717, 1.165) is 38.5 Å². The number of hydrogen-bond donors (Lipinski definition) is 1. The van der Waals surface area contributed by atoms with Crippen molar-refractivity contribution < 1.29 is 9.53 Å². The molecule has 0 aromatic heterocycles. The maximum Gasteiger partial charge on any atom is 0.325 e. The van der Waals surface area contributed by atoms with Crippen LogP contribution >= 0.6 is 0 Å². The zero-order valence-corrected chi connectivity index (χ0v) is 13.7. The molecule has 1 atom stereocenters. The van der Waals surface area contributed by atoms with Crippen LogP contribution in [0, 0.1) is 0 Å². The minimum Gasteiger partial charge on any atom is -0.468 e. The van der Waals surface area contributed by atoms with Gasteiger partial charge in [-0.05, 0) is 73.4 Å². The van der Waals surface area contributed by atoms with Crippen LogP contribution in [0.15, 0.2) is 0 Å². The summed E-state index contributed by atoms with van der Waals surface area (Å²) in [5.41, 5.74) is -0.559. The number of hydrogen-bond acceptors (Lipinski definition) is 5. The van der Waals surface area contributed by atoms with Crippen LogP contribution in [0.3, 0.4) is 0 Å².